The van der Waals surface area contributed by atoms with Gasteiger partial charge in [-0.05, 0) is 43.8 Å². The summed E-state index contributed by atoms with van der Waals surface area (Å²) in [4.78, 5) is 6.85. The SMILES string of the molecule is CCOc1cccc2c(N3CCC(CSC)CC3)c(C#N)cnc12. The number of nitriles is 1. The molecule has 5 heteroatoms. The van der Waals surface area contributed by atoms with Crippen LogP contribution in [-0.2, 0) is 0 Å². The summed E-state index contributed by atoms with van der Waals surface area (Å²) in [6.07, 6.45) is 6.22. The number of benzene rings is 1. The van der Waals surface area contributed by atoms with E-state index < -0.39 is 0 Å². The number of nitrogens with zero attached hydrogens (tertiary/aromatic N) is 3. The molecule has 1 saturated heterocycles. The molecular formula is C19H23N3OS. The van der Waals surface area contributed by atoms with E-state index in [1.807, 2.05) is 30.8 Å². The maximum Gasteiger partial charge on any atom is 0.145 e. The van der Waals surface area contributed by atoms with Crippen LogP contribution in [0.25, 0.3) is 10.9 Å². The zero-order valence-corrected chi connectivity index (χ0v) is 15.1. The summed E-state index contributed by atoms with van der Waals surface area (Å²) in [5, 5.41) is 10.6. The molecule has 2 aromatic rings. The highest BCUT2D eigenvalue weighted by molar-refractivity contribution is 7.98. The number of pyridine rings is 1. The Bertz CT molecular complexity index is 748. The summed E-state index contributed by atoms with van der Waals surface area (Å²) < 4.78 is 5.72. The molecule has 0 unspecified atom stereocenters. The lowest BCUT2D eigenvalue weighted by atomic mass is 9.97. The second-order valence-electron chi connectivity index (χ2n) is 6.10. The number of hydrogen-bond donors (Lipinski definition) is 0. The summed E-state index contributed by atoms with van der Waals surface area (Å²) in [7, 11) is 0. The largest absolute Gasteiger partial charge is 0.492 e. The summed E-state index contributed by atoms with van der Waals surface area (Å²) in [6, 6.07) is 8.30. The van der Waals surface area contributed by atoms with Crippen molar-refractivity contribution in [3.8, 4) is 11.8 Å². The Kier molecular flexibility index (Phi) is 5.47. The highest BCUT2D eigenvalue weighted by atomic mass is 32.2. The lowest BCUT2D eigenvalue weighted by Gasteiger charge is -2.34. The van der Waals surface area contributed by atoms with Crippen LogP contribution in [-0.4, -0.2) is 36.7 Å². The number of aromatic nitrogens is 1. The number of thioether (sulfide) groups is 1. The zero-order chi connectivity index (χ0) is 16.9. The van der Waals surface area contributed by atoms with Gasteiger partial charge >= 0.3 is 0 Å². The molecule has 0 amide bonds. The molecule has 0 N–H and O–H groups in total. The Morgan fingerprint density at radius 1 is 1.38 bits per heavy atom. The van der Waals surface area contributed by atoms with Crippen molar-refractivity contribution in [2.24, 2.45) is 5.92 Å². The molecule has 1 aromatic carbocycles. The minimum Gasteiger partial charge on any atom is -0.492 e. The van der Waals surface area contributed by atoms with Crippen LogP contribution >= 0.6 is 11.8 Å². The first-order valence-electron chi connectivity index (χ1n) is 8.47. The molecule has 0 atom stereocenters. The molecule has 24 heavy (non-hydrogen) atoms. The molecule has 0 spiro atoms. The van der Waals surface area contributed by atoms with Crippen molar-refractivity contribution in [2.45, 2.75) is 19.8 Å². The summed E-state index contributed by atoms with van der Waals surface area (Å²) in [5.41, 5.74) is 2.52. The minimum atomic E-state index is 0.607. The average Bonchev–Trinajstić information content (AvgIpc) is 2.62. The molecule has 1 aliphatic rings. The predicted octanol–water partition coefficient (Wildman–Crippen LogP) is 4.08. The molecule has 0 radical (unpaired) electrons. The molecule has 0 bridgehead atoms. The van der Waals surface area contributed by atoms with E-state index in [0.717, 1.165) is 41.3 Å². The molecular weight excluding hydrogens is 318 g/mol. The van der Waals surface area contributed by atoms with Gasteiger partial charge in [-0.25, -0.2) is 0 Å². The molecule has 2 heterocycles. The first kappa shape index (κ1) is 16.9. The quantitative estimate of drug-likeness (QED) is 0.820. The first-order valence-corrected chi connectivity index (χ1v) is 9.86. The second-order valence-corrected chi connectivity index (χ2v) is 7.01. The highest BCUT2D eigenvalue weighted by Crippen LogP contribution is 2.36. The molecule has 1 aliphatic heterocycles. The van der Waals surface area contributed by atoms with E-state index in [2.05, 4.69) is 28.3 Å². The van der Waals surface area contributed by atoms with Gasteiger partial charge in [0.05, 0.1) is 17.9 Å². The van der Waals surface area contributed by atoms with Crippen LogP contribution in [0.2, 0.25) is 0 Å². The molecule has 3 rings (SSSR count). The molecule has 4 nitrogen and oxygen atoms in total. The standard InChI is InChI=1S/C19H23N3OS/c1-3-23-17-6-4-5-16-18(17)21-12-15(11-20)19(16)22-9-7-14(8-10-22)13-24-2/h4-6,12,14H,3,7-10,13H2,1-2H3. The third-order valence-electron chi connectivity index (χ3n) is 4.59. The fraction of sp³-hybridized carbons (Fsp3) is 0.474. The highest BCUT2D eigenvalue weighted by Gasteiger charge is 2.23. The number of piperidine rings is 1. The van der Waals surface area contributed by atoms with Crippen molar-refractivity contribution < 1.29 is 4.74 Å². The molecule has 0 saturated carbocycles. The maximum absolute atomic E-state index is 9.57. The lowest BCUT2D eigenvalue weighted by Crippen LogP contribution is -2.35. The van der Waals surface area contributed by atoms with Gasteiger partial charge in [-0.15, -0.1) is 0 Å². The van der Waals surface area contributed by atoms with E-state index in [4.69, 9.17) is 4.74 Å². The first-order chi connectivity index (χ1) is 11.8. The third-order valence-corrected chi connectivity index (χ3v) is 5.39. The van der Waals surface area contributed by atoms with Crippen LogP contribution in [0.1, 0.15) is 25.3 Å². The Labute approximate surface area is 147 Å². The minimum absolute atomic E-state index is 0.607. The van der Waals surface area contributed by atoms with Gasteiger partial charge in [-0.2, -0.15) is 17.0 Å². The number of rotatable bonds is 5. The fourth-order valence-electron chi connectivity index (χ4n) is 3.44. The van der Waals surface area contributed by atoms with Crippen LogP contribution in [0.4, 0.5) is 5.69 Å². The van der Waals surface area contributed by atoms with E-state index in [1.54, 1.807) is 6.20 Å². The van der Waals surface area contributed by atoms with Gasteiger partial charge in [0.1, 0.15) is 17.3 Å². The Morgan fingerprint density at radius 3 is 2.83 bits per heavy atom. The Morgan fingerprint density at radius 2 is 2.17 bits per heavy atom. The molecule has 126 valence electrons. The van der Waals surface area contributed by atoms with E-state index in [1.165, 1.54) is 18.6 Å². The van der Waals surface area contributed by atoms with Crippen molar-refractivity contribution in [1.29, 1.82) is 5.26 Å². The van der Waals surface area contributed by atoms with Gasteiger partial charge in [-0.3, -0.25) is 4.98 Å². The summed E-state index contributed by atoms with van der Waals surface area (Å²) in [5.74, 6) is 2.80. The van der Waals surface area contributed by atoms with Gasteiger partial charge in [0.2, 0.25) is 0 Å². The van der Waals surface area contributed by atoms with Crippen LogP contribution in [0.3, 0.4) is 0 Å². The van der Waals surface area contributed by atoms with Crippen molar-refractivity contribution in [3.05, 3.63) is 30.0 Å². The second kappa shape index (κ2) is 7.76. The van der Waals surface area contributed by atoms with Gasteiger partial charge in [-0.1, -0.05) is 12.1 Å². The summed E-state index contributed by atoms with van der Waals surface area (Å²) in [6.45, 7) is 4.58. The average molecular weight is 341 g/mol. The van der Waals surface area contributed by atoms with Gasteiger partial charge < -0.3 is 9.64 Å². The summed E-state index contributed by atoms with van der Waals surface area (Å²) >= 11 is 1.93. The molecule has 0 aliphatic carbocycles. The third kappa shape index (κ3) is 3.29. The lowest BCUT2D eigenvalue weighted by molar-refractivity contribution is 0.343. The van der Waals surface area contributed by atoms with Crippen LogP contribution in [0, 0.1) is 17.2 Å². The Balaban J connectivity index is 2.00. The number of fused-ring (bicyclic) bond motifs is 1. The topological polar surface area (TPSA) is 49.1 Å². The molecule has 1 fully saturated rings. The van der Waals surface area contributed by atoms with E-state index in [9.17, 15) is 5.26 Å². The van der Waals surface area contributed by atoms with Crippen LogP contribution < -0.4 is 9.64 Å². The van der Waals surface area contributed by atoms with Crippen molar-refractivity contribution in [2.75, 3.05) is 36.6 Å². The zero-order valence-electron chi connectivity index (χ0n) is 14.3. The van der Waals surface area contributed by atoms with Crippen molar-refractivity contribution in [1.82, 2.24) is 4.98 Å². The fourth-order valence-corrected chi connectivity index (χ4v) is 4.24. The van der Waals surface area contributed by atoms with Gasteiger partial charge in [0, 0.05) is 24.7 Å². The van der Waals surface area contributed by atoms with E-state index in [-0.39, 0.29) is 0 Å². The Hall–Kier alpha value is -1.93. The van der Waals surface area contributed by atoms with Gasteiger partial charge in [0.15, 0.2) is 0 Å². The van der Waals surface area contributed by atoms with Crippen LogP contribution in [0.15, 0.2) is 24.4 Å². The van der Waals surface area contributed by atoms with E-state index >= 15 is 0 Å². The number of anilines is 1. The monoisotopic (exact) mass is 341 g/mol. The van der Waals surface area contributed by atoms with Crippen LogP contribution in [0.5, 0.6) is 5.75 Å². The normalized spacial score (nSPS) is 15.5. The number of para-hydroxylation sites is 1. The molecule has 1 aromatic heterocycles. The smallest absolute Gasteiger partial charge is 0.145 e. The van der Waals surface area contributed by atoms with E-state index in [0.29, 0.717) is 12.2 Å². The number of hydrogen-bond acceptors (Lipinski definition) is 5. The van der Waals surface area contributed by atoms with Crippen molar-refractivity contribution in [3.63, 3.8) is 0 Å². The number of ether oxygens (including phenoxy) is 1. The van der Waals surface area contributed by atoms with Gasteiger partial charge in [0.25, 0.3) is 0 Å². The maximum atomic E-state index is 9.57. The predicted molar refractivity (Wildman–Crippen MR) is 101 cm³/mol. The van der Waals surface area contributed by atoms with Crippen molar-refractivity contribution >= 4 is 28.4 Å².